The number of aromatic nitrogens is 1. The molecule has 1 aliphatic carbocycles. The van der Waals surface area contributed by atoms with Crippen molar-refractivity contribution in [3.8, 4) is 50.2 Å². The van der Waals surface area contributed by atoms with Crippen molar-refractivity contribution in [1.29, 1.82) is 0 Å². The van der Waals surface area contributed by atoms with Crippen LogP contribution in [0.2, 0.25) is 0 Å². The van der Waals surface area contributed by atoms with Crippen LogP contribution >= 0.6 is 0 Å². The van der Waals surface area contributed by atoms with Crippen LogP contribution in [0.5, 0.6) is 0 Å². The van der Waals surface area contributed by atoms with Gasteiger partial charge in [-0.25, -0.2) is 0 Å². The highest BCUT2D eigenvalue weighted by atomic mass is 15.1. The van der Waals surface area contributed by atoms with Crippen LogP contribution in [-0.2, 0) is 5.41 Å². The predicted molar refractivity (Wildman–Crippen MR) is 289 cm³/mol. The molecule has 0 saturated heterocycles. The summed E-state index contributed by atoms with van der Waals surface area (Å²) in [5.74, 6) is 0. The van der Waals surface area contributed by atoms with Gasteiger partial charge in [0.15, 0.2) is 0 Å². The normalized spacial score (nSPS) is 12.5. The summed E-state index contributed by atoms with van der Waals surface area (Å²) >= 11 is 0. The highest BCUT2D eigenvalue weighted by Gasteiger charge is 2.45. The van der Waals surface area contributed by atoms with Gasteiger partial charge in [-0.3, -0.25) is 0 Å². The summed E-state index contributed by atoms with van der Waals surface area (Å²) in [5, 5.41) is 2.52. The molecule has 1 aliphatic rings. The molecule has 1 heterocycles. The van der Waals surface area contributed by atoms with Gasteiger partial charge >= 0.3 is 0 Å². The summed E-state index contributed by atoms with van der Waals surface area (Å²) in [6, 6.07) is 102. The monoisotopic (exact) mass is 878 g/mol. The van der Waals surface area contributed by atoms with Gasteiger partial charge in [0, 0.05) is 33.5 Å². The molecule has 0 bridgehead atoms. The molecule has 13 rings (SSSR count). The average molecular weight is 879 g/mol. The highest BCUT2D eigenvalue weighted by Crippen LogP contribution is 2.56. The first-order valence-corrected chi connectivity index (χ1v) is 23.8. The van der Waals surface area contributed by atoms with Crippen LogP contribution < -0.4 is 4.90 Å². The molecule has 0 atom stereocenters. The Morgan fingerprint density at radius 3 is 1.22 bits per heavy atom. The Balaban J connectivity index is 0.912. The quantitative estimate of drug-likeness (QED) is 0.140. The third-order valence-electron chi connectivity index (χ3n) is 14.3. The molecule has 12 aromatic rings. The molecule has 324 valence electrons. The number of anilines is 3. The van der Waals surface area contributed by atoms with Crippen LogP contribution in [-0.4, -0.2) is 4.57 Å². The topological polar surface area (TPSA) is 8.17 Å². The van der Waals surface area contributed by atoms with E-state index in [2.05, 4.69) is 289 Å². The van der Waals surface area contributed by atoms with Gasteiger partial charge in [0.1, 0.15) is 0 Å². The lowest BCUT2D eigenvalue weighted by Crippen LogP contribution is -2.28. The van der Waals surface area contributed by atoms with Crippen LogP contribution in [0, 0.1) is 0 Å². The minimum absolute atomic E-state index is 0.469. The lowest BCUT2D eigenvalue weighted by atomic mass is 9.68. The van der Waals surface area contributed by atoms with E-state index in [4.69, 9.17) is 0 Å². The minimum atomic E-state index is -0.469. The van der Waals surface area contributed by atoms with Crippen molar-refractivity contribution < 1.29 is 0 Å². The molecule has 0 aliphatic heterocycles. The zero-order chi connectivity index (χ0) is 45.7. The SMILES string of the molecule is c1ccc(-c2cccc(-c3ccc(N(c4ccc(-c5cccc(-n6c7ccccc7c7ccccc76)c5)cc4)c4ccc(C5(c6ccccc6)c6ccccc6-c6ccccc65)cc4)cc3)c2)cc1. The maximum absolute atomic E-state index is 2.39. The second-order valence-electron chi connectivity index (χ2n) is 18.1. The Labute approximate surface area is 403 Å². The van der Waals surface area contributed by atoms with Crippen LogP contribution in [0.25, 0.3) is 72.0 Å². The van der Waals surface area contributed by atoms with Crippen molar-refractivity contribution in [1.82, 2.24) is 4.57 Å². The van der Waals surface area contributed by atoms with Crippen LogP contribution in [0.1, 0.15) is 22.3 Å². The van der Waals surface area contributed by atoms with Gasteiger partial charge < -0.3 is 9.47 Å². The van der Waals surface area contributed by atoms with E-state index in [1.165, 1.54) is 83.0 Å². The molecule has 0 saturated carbocycles. The van der Waals surface area contributed by atoms with E-state index in [1.807, 2.05) is 0 Å². The number of fused-ring (bicyclic) bond motifs is 6. The molecule has 0 amide bonds. The second kappa shape index (κ2) is 16.7. The fraction of sp³-hybridized carbons (Fsp3) is 0.0149. The van der Waals surface area contributed by atoms with Crippen molar-refractivity contribution in [3.05, 3.63) is 301 Å². The minimum Gasteiger partial charge on any atom is -0.311 e. The maximum Gasteiger partial charge on any atom is 0.0713 e. The van der Waals surface area contributed by atoms with Gasteiger partial charge in [-0.05, 0) is 133 Å². The van der Waals surface area contributed by atoms with Crippen molar-refractivity contribution >= 4 is 38.9 Å². The standard InChI is InChI=1S/C67H46N2/c1-3-17-47(18-4-1)50-19-15-20-51(45-50)48-33-39-55(40-34-48)68(56-41-35-49(36-42-56)52-21-16-24-58(46-52)69-65-31-13-9-27-61(65)62-28-10-14-32-66(62)69)57-43-37-54(38-44-57)67(53-22-5-2-6-23-53)63-29-11-7-25-59(63)60-26-8-12-30-64(60)67/h1-46H. The average Bonchev–Trinajstić information content (AvgIpc) is 3.93. The molecular weight excluding hydrogens is 833 g/mol. The third-order valence-corrected chi connectivity index (χ3v) is 14.3. The predicted octanol–water partition coefficient (Wildman–Crippen LogP) is 17.6. The van der Waals surface area contributed by atoms with Gasteiger partial charge in [0.2, 0.25) is 0 Å². The molecule has 0 fully saturated rings. The van der Waals surface area contributed by atoms with Crippen LogP contribution in [0.4, 0.5) is 17.1 Å². The Hall–Kier alpha value is -8.98. The molecule has 69 heavy (non-hydrogen) atoms. The summed E-state index contributed by atoms with van der Waals surface area (Å²) in [5.41, 5.74) is 21.2. The number of nitrogens with zero attached hydrogens (tertiary/aromatic N) is 2. The van der Waals surface area contributed by atoms with Crippen LogP contribution in [0.15, 0.2) is 279 Å². The van der Waals surface area contributed by atoms with Gasteiger partial charge in [0.25, 0.3) is 0 Å². The lowest BCUT2D eigenvalue weighted by molar-refractivity contribution is 0.768. The molecule has 0 N–H and O–H groups in total. The summed E-state index contributed by atoms with van der Waals surface area (Å²) in [4.78, 5) is 2.39. The highest BCUT2D eigenvalue weighted by molar-refractivity contribution is 6.09. The largest absolute Gasteiger partial charge is 0.311 e. The zero-order valence-corrected chi connectivity index (χ0v) is 38.0. The first kappa shape index (κ1) is 40.3. The lowest BCUT2D eigenvalue weighted by Gasteiger charge is -2.34. The van der Waals surface area contributed by atoms with Crippen LogP contribution in [0.3, 0.4) is 0 Å². The van der Waals surface area contributed by atoms with E-state index in [-0.39, 0.29) is 0 Å². The van der Waals surface area contributed by atoms with E-state index >= 15 is 0 Å². The first-order valence-electron chi connectivity index (χ1n) is 23.8. The van der Waals surface area contributed by atoms with Crippen molar-refractivity contribution in [2.75, 3.05) is 4.90 Å². The van der Waals surface area contributed by atoms with E-state index in [9.17, 15) is 0 Å². The molecule has 2 heteroatoms. The molecule has 1 aromatic heterocycles. The zero-order valence-electron chi connectivity index (χ0n) is 38.0. The van der Waals surface area contributed by atoms with E-state index < -0.39 is 5.41 Å². The Bertz CT molecular complexity index is 3710. The Morgan fingerprint density at radius 1 is 0.275 bits per heavy atom. The number of rotatable bonds is 9. The summed E-state index contributed by atoms with van der Waals surface area (Å²) in [7, 11) is 0. The summed E-state index contributed by atoms with van der Waals surface area (Å²) in [6.07, 6.45) is 0. The summed E-state index contributed by atoms with van der Waals surface area (Å²) < 4.78 is 2.39. The number of para-hydroxylation sites is 2. The van der Waals surface area contributed by atoms with Crippen molar-refractivity contribution in [2.24, 2.45) is 0 Å². The van der Waals surface area contributed by atoms with Gasteiger partial charge in [0.05, 0.1) is 16.4 Å². The van der Waals surface area contributed by atoms with E-state index in [0.717, 1.165) is 28.3 Å². The van der Waals surface area contributed by atoms with Crippen molar-refractivity contribution in [3.63, 3.8) is 0 Å². The van der Waals surface area contributed by atoms with E-state index in [1.54, 1.807) is 0 Å². The molecule has 0 spiro atoms. The second-order valence-corrected chi connectivity index (χ2v) is 18.1. The van der Waals surface area contributed by atoms with Gasteiger partial charge in [-0.15, -0.1) is 0 Å². The fourth-order valence-corrected chi connectivity index (χ4v) is 11.2. The molecule has 0 radical (unpaired) electrons. The molecule has 11 aromatic carbocycles. The third kappa shape index (κ3) is 6.72. The molecular formula is C67H46N2. The molecule has 0 unspecified atom stereocenters. The smallest absolute Gasteiger partial charge is 0.0713 e. The number of hydrogen-bond donors (Lipinski definition) is 0. The first-order chi connectivity index (χ1) is 34.2. The number of hydrogen-bond acceptors (Lipinski definition) is 1. The van der Waals surface area contributed by atoms with Gasteiger partial charge in [-0.1, -0.05) is 212 Å². The maximum atomic E-state index is 2.39. The number of benzene rings is 11. The Kier molecular flexibility index (Phi) is 9.77. The Morgan fingerprint density at radius 2 is 0.667 bits per heavy atom. The molecule has 2 nitrogen and oxygen atoms in total. The fourth-order valence-electron chi connectivity index (χ4n) is 11.2. The van der Waals surface area contributed by atoms with Gasteiger partial charge in [-0.2, -0.15) is 0 Å². The van der Waals surface area contributed by atoms with E-state index in [0.29, 0.717) is 0 Å². The van der Waals surface area contributed by atoms with Crippen molar-refractivity contribution in [2.45, 2.75) is 5.41 Å². The summed E-state index contributed by atoms with van der Waals surface area (Å²) in [6.45, 7) is 0.